The van der Waals surface area contributed by atoms with Crippen molar-refractivity contribution in [1.29, 1.82) is 0 Å². The molecule has 0 fully saturated rings. The second kappa shape index (κ2) is 10.4. The number of carbonyl (C=O) groups excluding carboxylic acids is 1. The zero-order valence-electron chi connectivity index (χ0n) is 19.3. The van der Waals surface area contributed by atoms with E-state index in [-0.39, 0.29) is 29.7 Å². The number of hydrogen-bond acceptors (Lipinski definition) is 7. The van der Waals surface area contributed by atoms with Gasteiger partial charge in [0, 0.05) is 19.2 Å². The van der Waals surface area contributed by atoms with E-state index in [4.69, 9.17) is 5.73 Å². The number of benzene rings is 2. The van der Waals surface area contributed by atoms with Crippen LogP contribution >= 0.6 is 11.8 Å². The molecular formula is C24H25N7O3S. The average Bonchev–Trinajstić information content (AvgIpc) is 3.29. The summed E-state index contributed by atoms with van der Waals surface area (Å²) in [4.78, 5) is 41.4. The Hall–Kier alpha value is -4.12. The highest BCUT2D eigenvalue weighted by atomic mass is 32.2. The molecule has 2 aromatic heterocycles. The third kappa shape index (κ3) is 5.04. The SMILES string of the molecule is CCn1c(SCC(=O)N(C)c2c(N)n(Cc3ccccc3)c(=O)[nH]c2=O)nnc1-c1ccccc1. The van der Waals surface area contributed by atoms with E-state index in [9.17, 15) is 14.4 Å². The van der Waals surface area contributed by atoms with Crippen LogP contribution in [0.1, 0.15) is 12.5 Å². The lowest BCUT2D eigenvalue weighted by atomic mass is 10.2. The van der Waals surface area contributed by atoms with Crippen LogP contribution in [0.5, 0.6) is 0 Å². The fourth-order valence-electron chi connectivity index (χ4n) is 3.65. The van der Waals surface area contributed by atoms with E-state index >= 15 is 0 Å². The topological polar surface area (TPSA) is 132 Å². The lowest BCUT2D eigenvalue weighted by molar-refractivity contribution is -0.115. The molecule has 0 atom stereocenters. The van der Waals surface area contributed by atoms with Crippen LogP contribution in [0.4, 0.5) is 11.5 Å². The maximum atomic E-state index is 13.0. The summed E-state index contributed by atoms with van der Waals surface area (Å²) < 4.78 is 3.16. The predicted molar refractivity (Wildman–Crippen MR) is 137 cm³/mol. The molecule has 10 nitrogen and oxygen atoms in total. The van der Waals surface area contributed by atoms with Crippen molar-refractivity contribution in [2.75, 3.05) is 23.4 Å². The summed E-state index contributed by atoms with van der Waals surface area (Å²) in [5.74, 6) is 0.265. The largest absolute Gasteiger partial charge is 0.383 e. The van der Waals surface area contributed by atoms with Crippen molar-refractivity contribution in [3.63, 3.8) is 0 Å². The monoisotopic (exact) mass is 491 g/mol. The van der Waals surface area contributed by atoms with Crippen molar-refractivity contribution in [2.45, 2.75) is 25.2 Å². The molecule has 2 heterocycles. The maximum Gasteiger partial charge on any atom is 0.330 e. The number of nitrogen functional groups attached to an aromatic ring is 1. The first-order valence-electron chi connectivity index (χ1n) is 10.9. The molecule has 0 radical (unpaired) electrons. The van der Waals surface area contributed by atoms with Crippen LogP contribution in [0, 0.1) is 0 Å². The Kier molecular flexibility index (Phi) is 7.16. The van der Waals surface area contributed by atoms with Crippen molar-refractivity contribution in [3.05, 3.63) is 87.1 Å². The zero-order chi connectivity index (χ0) is 24.9. The Balaban J connectivity index is 1.55. The van der Waals surface area contributed by atoms with E-state index < -0.39 is 11.2 Å². The molecule has 0 aliphatic carbocycles. The summed E-state index contributed by atoms with van der Waals surface area (Å²) >= 11 is 1.22. The lowest BCUT2D eigenvalue weighted by Crippen LogP contribution is -2.40. The van der Waals surface area contributed by atoms with E-state index in [1.807, 2.05) is 72.2 Å². The minimum Gasteiger partial charge on any atom is -0.383 e. The number of nitrogens with zero attached hydrogens (tertiary/aromatic N) is 5. The van der Waals surface area contributed by atoms with Crippen LogP contribution in [0.25, 0.3) is 11.4 Å². The van der Waals surface area contributed by atoms with Crippen molar-refractivity contribution >= 4 is 29.2 Å². The normalized spacial score (nSPS) is 10.9. The molecule has 0 aliphatic heterocycles. The second-order valence-electron chi connectivity index (χ2n) is 7.72. The molecule has 0 unspecified atom stereocenters. The number of carbonyl (C=O) groups is 1. The van der Waals surface area contributed by atoms with Gasteiger partial charge < -0.3 is 15.2 Å². The highest BCUT2D eigenvalue weighted by Gasteiger charge is 2.22. The number of nitrogens with two attached hydrogens (primary N) is 1. The standard InChI is InChI=1S/C24H25N7O3S/c1-3-30-21(17-12-8-5-9-13-17)27-28-24(30)35-15-18(32)29(2)19-20(25)31(23(34)26-22(19)33)14-16-10-6-4-7-11-16/h4-13H,3,14-15,25H2,1-2H3,(H,26,33,34). The van der Waals surface area contributed by atoms with Crippen LogP contribution in [-0.2, 0) is 17.9 Å². The number of amides is 1. The highest BCUT2D eigenvalue weighted by Crippen LogP contribution is 2.25. The molecule has 180 valence electrons. The number of rotatable bonds is 8. The van der Waals surface area contributed by atoms with Crippen molar-refractivity contribution in [1.82, 2.24) is 24.3 Å². The smallest absolute Gasteiger partial charge is 0.330 e. The average molecular weight is 492 g/mol. The molecule has 0 aliphatic rings. The second-order valence-corrected chi connectivity index (χ2v) is 8.67. The quantitative estimate of drug-likeness (QED) is 0.361. The minimum absolute atomic E-state index is 0.000114. The molecule has 0 bridgehead atoms. The summed E-state index contributed by atoms with van der Waals surface area (Å²) in [6.07, 6.45) is 0. The number of thioether (sulfide) groups is 1. The van der Waals surface area contributed by atoms with Crippen LogP contribution in [0.15, 0.2) is 75.4 Å². The van der Waals surface area contributed by atoms with Crippen molar-refractivity contribution in [3.8, 4) is 11.4 Å². The fourth-order valence-corrected chi connectivity index (χ4v) is 4.57. The van der Waals surface area contributed by atoms with Gasteiger partial charge in [-0.05, 0) is 12.5 Å². The first kappa shape index (κ1) is 24.0. The third-order valence-electron chi connectivity index (χ3n) is 5.50. The summed E-state index contributed by atoms with van der Waals surface area (Å²) in [5, 5.41) is 9.11. The molecule has 1 amide bonds. The van der Waals surface area contributed by atoms with Gasteiger partial charge in [-0.2, -0.15) is 0 Å². The molecule has 0 saturated carbocycles. The fraction of sp³-hybridized carbons (Fsp3) is 0.208. The zero-order valence-corrected chi connectivity index (χ0v) is 20.2. The Labute approximate surface area is 205 Å². The third-order valence-corrected chi connectivity index (χ3v) is 6.45. The Bertz CT molecular complexity index is 1450. The van der Waals surface area contributed by atoms with Gasteiger partial charge in [0.25, 0.3) is 5.56 Å². The minimum atomic E-state index is -0.722. The van der Waals surface area contributed by atoms with Gasteiger partial charge in [0.1, 0.15) is 5.82 Å². The summed E-state index contributed by atoms with van der Waals surface area (Å²) in [7, 11) is 1.46. The number of anilines is 2. The maximum absolute atomic E-state index is 13.0. The van der Waals surface area contributed by atoms with Gasteiger partial charge in [-0.1, -0.05) is 72.4 Å². The number of hydrogen-bond donors (Lipinski definition) is 2. The van der Waals surface area contributed by atoms with Gasteiger partial charge in [0.05, 0.1) is 12.3 Å². The van der Waals surface area contributed by atoms with Gasteiger partial charge in [0.2, 0.25) is 5.91 Å². The molecule has 3 N–H and O–H groups in total. The molecule has 0 spiro atoms. The van der Waals surface area contributed by atoms with Crippen molar-refractivity contribution < 1.29 is 4.79 Å². The van der Waals surface area contributed by atoms with Crippen LogP contribution in [-0.4, -0.2) is 43.0 Å². The number of nitrogens with one attached hydrogen (secondary N) is 1. The van der Waals surface area contributed by atoms with Gasteiger partial charge in [-0.3, -0.25) is 19.1 Å². The van der Waals surface area contributed by atoms with Gasteiger partial charge >= 0.3 is 5.69 Å². The number of aromatic nitrogens is 5. The van der Waals surface area contributed by atoms with Crippen LogP contribution in [0.3, 0.4) is 0 Å². The summed E-state index contributed by atoms with van der Waals surface area (Å²) in [6, 6.07) is 18.9. The van der Waals surface area contributed by atoms with Gasteiger partial charge in [-0.25, -0.2) is 4.79 Å². The molecule has 4 rings (SSSR count). The highest BCUT2D eigenvalue weighted by molar-refractivity contribution is 7.99. The first-order valence-corrected chi connectivity index (χ1v) is 11.9. The van der Waals surface area contributed by atoms with Crippen LogP contribution < -0.4 is 21.9 Å². The lowest BCUT2D eigenvalue weighted by Gasteiger charge is -2.20. The summed E-state index contributed by atoms with van der Waals surface area (Å²) in [6.45, 7) is 2.76. The van der Waals surface area contributed by atoms with E-state index in [2.05, 4.69) is 15.2 Å². The van der Waals surface area contributed by atoms with Crippen LogP contribution in [0.2, 0.25) is 0 Å². The van der Waals surface area contributed by atoms with E-state index in [0.29, 0.717) is 17.5 Å². The van der Waals surface area contributed by atoms with E-state index in [0.717, 1.165) is 11.1 Å². The Morgan fingerprint density at radius 1 is 1.03 bits per heavy atom. The van der Waals surface area contributed by atoms with Gasteiger partial charge in [0.15, 0.2) is 16.7 Å². The predicted octanol–water partition coefficient (Wildman–Crippen LogP) is 2.20. The van der Waals surface area contributed by atoms with Gasteiger partial charge in [-0.15, -0.1) is 10.2 Å². The molecule has 2 aromatic carbocycles. The van der Waals surface area contributed by atoms with E-state index in [1.165, 1.54) is 28.3 Å². The summed E-state index contributed by atoms with van der Waals surface area (Å²) in [5.41, 5.74) is 6.53. The van der Waals surface area contributed by atoms with Crippen molar-refractivity contribution in [2.24, 2.45) is 0 Å². The number of H-pyrrole nitrogens is 1. The molecule has 0 saturated heterocycles. The Morgan fingerprint density at radius 2 is 1.69 bits per heavy atom. The molecular weight excluding hydrogens is 466 g/mol. The first-order chi connectivity index (χ1) is 16.9. The molecule has 35 heavy (non-hydrogen) atoms. The molecule has 11 heteroatoms. The molecule has 4 aromatic rings. The number of aromatic amines is 1. The van der Waals surface area contributed by atoms with E-state index in [1.54, 1.807) is 0 Å². The Morgan fingerprint density at radius 3 is 2.34 bits per heavy atom.